The maximum atomic E-state index is 13.1. The number of hydrogen-bond acceptors (Lipinski definition) is 4. The zero-order chi connectivity index (χ0) is 24.2. The fraction of sp³-hybridized carbons (Fsp3) is 0.440. The van der Waals surface area contributed by atoms with E-state index >= 15 is 0 Å². The van der Waals surface area contributed by atoms with Gasteiger partial charge in [-0.3, -0.25) is 9.59 Å². The summed E-state index contributed by atoms with van der Waals surface area (Å²) in [6, 6.07) is 13.7. The maximum Gasteiger partial charge on any atom is 0.253 e. The molecular formula is C25H33N3O4S. The highest BCUT2D eigenvalue weighted by Gasteiger charge is 2.30. The SMILES string of the molecule is CCN(CC)C(=O)c1ccc(S(=O)(=O)N2CCN(C(=O)c3ccc(C(C)C)cc3)CC2)cc1. The normalized spacial score (nSPS) is 15.0. The molecule has 178 valence electrons. The zero-order valence-electron chi connectivity index (χ0n) is 19.8. The van der Waals surface area contributed by atoms with Gasteiger partial charge in [0.25, 0.3) is 11.8 Å². The second-order valence-corrected chi connectivity index (χ2v) is 10.4. The topological polar surface area (TPSA) is 78.0 Å². The predicted molar refractivity (Wildman–Crippen MR) is 129 cm³/mol. The van der Waals surface area contributed by atoms with Crippen LogP contribution >= 0.6 is 0 Å². The molecule has 3 rings (SSSR count). The molecule has 1 heterocycles. The molecule has 1 aliphatic heterocycles. The number of carbonyl (C=O) groups is 2. The van der Waals surface area contributed by atoms with E-state index in [4.69, 9.17) is 0 Å². The Morgan fingerprint density at radius 1 is 0.848 bits per heavy atom. The van der Waals surface area contributed by atoms with Gasteiger partial charge in [0.05, 0.1) is 4.90 Å². The molecule has 1 saturated heterocycles. The van der Waals surface area contributed by atoms with Crippen molar-refractivity contribution < 1.29 is 18.0 Å². The van der Waals surface area contributed by atoms with E-state index in [0.29, 0.717) is 43.2 Å². The standard InChI is InChI=1S/C25H33N3O4S/c1-5-26(6-2)24(29)22-11-13-23(14-12-22)33(31,32)28-17-15-27(16-18-28)25(30)21-9-7-20(8-10-21)19(3)4/h7-14,19H,5-6,15-18H2,1-4H3. The Bertz CT molecular complexity index is 1070. The van der Waals surface area contributed by atoms with Gasteiger partial charge in [-0.1, -0.05) is 26.0 Å². The molecule has 0 spiro atoms. The van der Waals surface area contributed by atoms with Crippen molar-refractivity contribution in [3.05, 3.63) is 65.2 Å². The van der Waals surface area contributed by atoms with Gasteiger partial charge in [0.1, 0.15) is 0 Å². The van der Waals surface area contributed by atoms with Crippen LogP contribution in [0.1, 0.15) is 59.9 Å². The molecular weight excluding hydrogens is 438 g/mol. The van der Waals surface area contributed by atoms with E-state index in [1.807, 2.05) is 38.1 Å². The van der Waals surface area contributed by atoms with Crippen LogP contribution in [-0.4, -0.2) is 73.6 Å². The van der Waals surface area contributed by atoms with Gasteiger partial charge in [0, 0.05) is 50.4 Å². The van der Waals surface area contributed by atoms with E-state index in [-0.39, 0.29) is 29.8 Å². The summed E-state index contributed by atoms with van der Waals surface area (Å²) in [5.41, 5.74) is 2.26. The van der Waals surface area contributed by atoms with Crippen LogP contribution in [0.25, 0.3) is 0 Å². The summed E-state index contributed by atoms with van der Waals surface area (Å²) in [5, 5.41) is 0. The number of amides is 2. The van der Waals surface area contributed by atoms with E-state index in [2.05, 4.69) is 13.8 Å². The largest absolute Gasteiger partial charge is 0.339 e. The molecule has 0 atom stereocenters. The third-order valence-electron chi connectivity index (χ3n) is 6.14. The molecule has 0 unspecified atom stereocenters. The first-order valence-corrected chi connectivity index (χ1v) is 12.9. The summed E-state index contributed by atoms with van der Waals surface area (Å²) in [6.45, 7) is 10.4. The first kappa shape index (κ1) is 24.9. The smallest absolute Gasteiger partial charge is 0.253 e. The highest BCUT2D eigenvalue weighted by atomic mass is 32.2. The van der Waals surface area contributed by atoms with Gasteiger partial charge in [-0.2, -0.15) is 4.31 Å². The quantitative estimate of drug-likeness (QED) is 0.620. The number of rotatable bonds is 7. The van der Waals surface area contributed by atoms with Gasteiger partial charge in [0.15, 0.2) is 0 Å². The Labute approximate surface area is 197 Å². The predicted octanol–water partition coefficient (Wildman–Crippen LogP) is 3.44. The first-order chi connectivity index (χ1) is 15.7. The lowest BCUT2D eigenvalue weighted by atomic mass is 10.0. The fourth-order valence-corrected chi connectivity index (χ4v) is 5.36. The van der Waals surface area contributed by atoms with Crippen LogP contribution in [-0.2, 0) is 10.0 Å². The van der Waals surface area contributed by atoms with Crippen LogP contribution < -0.4 is 0 Å². The zero-order valence-corrected chi connectivity index (χ0v) is 20.6. The van der Waals surface area contributed by atoms with Crippen molar-refractivity contribution in [2.75, 3.05) is 39.3 Å². The highest BCUT2D eigenvalue weighted by Crippen LogP contribution is 2.21. The third-order valence-corrected chi connectivity index (χ3v) is 8.05. The summed E-state index contributed by atoms with van der Waals surface area (Å²) in [4.78, 5) is 28.8. The summed E-state index contributed by atoms with van der Waals surface area (Å²) in [7, 11) is -3.69. The Morgan fingerprint density at radius 2 is 1.36 bits per heavy atom. The van der Waals surface area contributed by atoms with Crippen LogP contribution in [0, 0.1) is 0 Å². The molecule has 0 bridgehead atoms. The third kappa shape index (κ3) is 5.45. The monoisotopic (exact) mass is 471 g/mol. The molecule has 0 radical (unpaired) electrons. The molecule has 0 N–H and O–H groups in total. The van der Waals surface area contributed by atoms with Crippen LogP contribution in [0.4, 0.5) is 0 Å². The first-order valence-electron chi connectivity index (χ1n) is 11.5. The maximum absolute atomic E-state index is 13.1. The van der Waals surface area contributed by atoms with Crippen molar-refractivity contribution >= 4 is 21.8 Å². The highest BCUT2D eigenvalue weighted by molar-refractivity contribution is 7.89. The van der Waals surface area contributed by atoms with Crippen molar-refractivity contribution in [1.29, 1.82) is 0 Å². The Balaban J connectivity index is 1.64. The van der Waals surface area contributed by atoms with Crippen molar-refractivity contribution in [3.8, 4) is 0 Å². The molecule has 2 aromatic rings. The van der Waals surface area contributed by atoms with Crippen molar-refractivity contribution in [2.45, 2.75) is 38.5 Å². The average molecular weight is 472 g/mol. The van der Waals surface area contributed by atoms with Gasteiger partial charge in [0.2, 0.25) is 10.0 Å². The van der Waals surface area contributed by atoms with E-state index in [1.165, 1.54) is 22.0 Å². The van der Waals surface area contributed by atoms with E-state index in [1.54, 1.807) is 21.9 Å². The lowest BCUT2D eigenvalue weighted by Gasteiger charge is -2.34. The minimum Gasteiger partial charge on any atom is -0.339 e. The Kier molecular flexibility index (Phi) is 7.92. The molecule has 33 heavy (non-hydrogen) atoms. The summed E-state index contributed by atoms with van der Waals surface area (Å²) in [5.74, 6) is 0.200. The number of piperazine rings is 1. The van der Waals surface area contributed by atoms with Gasteiger partial charge in [-0.15, -0.1) is 0 Å². The molecule has 1 fully saturated rings. The second-order valence-electron chi connectivity index (χ2n) is 8.47. The molecule has 1 aliphatic rings. The van der Waals surface area contributed by atoms with Crippen LogP contribution in [0.5, 0.6) is 0 Å². The Hall–Kier alpha value is -2.71. The summed E-state index contributed by atoms with van der Waals surface area (Å²) in [6.07, 6.45) is 0. The minimum absolute atomic E-state index is 0.0818. The molecule has 0 aliphatic carbocycles. The van der Waals surface area contributed by atoms with Gasteiger partial charge in [-0.25, -0.2) is 8.42 Å². The average Bonchev–Trinajstić information content (AvgIpc) is 2.84. The molecule has 2 amide bonds. The second kappa shape index (κ2) is 10.5. The number of sulfonamides is 1. The van der Waals surface area contributed by atoms with E-state index in [0.717, 1.165) is 0 Å². The van der Waals surface area contributed by atoms with Gasteiger partial charge >= 0.3 is 0 Å². The Morgan fingerprint density at radius 3 is 1.85 bits per heavy atom. The van der Waals surface area contributed by atoms with Crippen LogP contribution in [0.15, 0.2) is 53.4 Å². The summed E-state index contributed by atoms with van der Waals surface area (Å²) < 4.78 is 27.6. The summed E-state index contributed by atoms with van der Waals surface area (Å²) >= 11 is 0. The molecule has 2 aromatic carbocycles. The lowest BCUT2D eigenvalue weighted by Crippen LogP contribution is -2.50. The van der Waals surface area contributed by atoms with E-state index in [9.17, 15) is 18.0 Å². The van der Waals surface area contributed by atoms with Gasteiger partial charge < -0.3 is 9.80 Å². The van der Waals surface area contributed by atoms with Crippen LogP contribution in [0.3, 0.4) is 0 Å². The number of hydrogen-bond donors (Lipinski definition) is 0. The number of carbonyl (C=O) groups excluding carboxylic acids is 2. The number of benzene rings is 2. The van der Waals surface area contributed by atoms with Crippen LogP contribution in [0.2, 0.25) is 0 Å². The minimum atomic E-state index is -3.69. The fourth-order valence-electron chi connectivity index (χ4n) is 3.94. The number of nitrogens with zero attached hydrogens (tertiary/aromatic N) is 3. The van der Waals surface area contributed by atoms with Crippen molar-refractivity contribution in [2.24, 2.45) is 0 Å². The molecule has 0 aromatic heterocycles. The van der Waals surface area contributed by atoms with Crippen molar-refractivity contribution in [1.82, 2.24) is 14.1 Å². The lowest BCUT2D eigenvalue weighted by molar-refractivity contribution is 0.0697. The molecule has 8 heteroatoms. The molecule has 0 saturated carbocycles. The van der Waals surface area contributed by atoms with E-state index < -0.39 is 10.0 Å². The van der Waals surface area contributed by atoms with Gasteiger partial charge in [-0.05, 0) is 61.7 Å². The van der Waals surface area contributed by atoms with Crippen molar-refractivity contribution in [3.63, 3.8) is 0 Å². The molecule has 7 nitrogen and oxygen atoms in total.